The number of carbonyl (C=O) groups is 2. The molecular formula is C28H25ClN2O5S. The van der Waals surface area contributed by atoms with Gasteiger partial charge in [0.2, 0.25) is 0 Å². The summed E-state index contributed by atoms with van der Waals surface area (Å²) in [5.74, 6) is 0.316. The maximum Gasteiger partial charge on any atom is 0.419 e. The Bertz CT molecular complexity index is 1390. The number of carboxylic acid groups (broad SMARTS) is 1. The normalized spacial score (nSPS) is 10.8. The summed E-state index contributed by atoms with van der Waals surface area (Å²) in [6, 6.07) is 22.4. The van der Waals surface area contributed by atoms with Gasteiger partial charge in [-0.05, 0) is 49.2 Å². The Kier molecular flexibility index (Phi) is 8.53. The number of benzene rings is 3. The van der Waals surface area contributed by atoms with Gasteiger partial charge in [-0.25, -0.2) is 9.69 Å². The molecule has 0 fully saturated rings. The highest BCUT2D eigenvalue weighted by atomic mass is 35.5. The summed E-state index contributed by atoms with van der Waals surface area (Å²) in [5.41, 5.74) is 4.08. The van der Waals surface area contributed by atoms with Gasteiger partial charge in [-0.1, -0.05) is 65.3 Å². The number of carbonyl (C=O) groups excluding carboxylic acids is 1. The van der Waals surface area contributed by atoms with Crippen molar-refractivity contribution in [1.29, 1.82) is 0 Å². The Morgan fingerprint density at radius 3 is 2.35 bits per heavy atom. The van der Waals surface area contributed by atoms with Gasteiger partial charge in [0.1, 0.15) is 11.4 Å². The molecule has 1 amide bonds. The van der Waals surface area contributed by atoms with Gasteiger partial charge >= 0.3 is 12.1 Å². The number of aromatic nitrogens is 1. The number of amides is 1. The minimum absolute atomic E-state index is 0.0135. The minimum Gasteiger partial charge on any atom is -0.481 e. The van der Waals surface area contributed by atoms with Crippen LogP contribution in [-0.2, 0) is 21.7 Å². The molecule has 0 aliphatic rings. The second-order valence-corrected chi connectivity index (χ2v) is 9.59. The van der Waals surface area contributed by atoms with Crippen LogP contribution in [0.5, 0.6) is 0 Å². The molecule has 7 nitrogen and oxygen atoms in total. The van der Waals surface area contributed by atoms with E-state index < -0.39 is 12.1 Å². The maximum absolute atomic E-state index is 13.0. The molecule has 0 aliphatic heterocycles. The SMILES string of the molecule is CCOC(=O)N(c1ccccc1Cl)c1c(C)noc1-c1ccc(CSc2ccc(CC(=O)O)cc2)cc1. The largest absolute Gasteiger partial charge is 0.481 e. The lowest BCUT2D eigenvalue weighted by atomic mass is 10.1. The summed E-state index contributed by atoms with van der Waals surface area (Å²) in [5, 5.41) is 13.4. The molecule has 0 spiro atoms. The lowest BCUT2D eigenvalue weighted by Crippen LogP contribution is -2.27. The van der Waals surface area contributed by atoms with Crippen molar-refractivity contribution in [1.82, 2.24) is 5.16 Å². The number of para-hydroxylation sites is 1. The van der Waals surface area contributed by atoms with Crippen LogP contribution in [0.2, 0.25) is 5.02 Å². The van der Waals surface area contributed by atoms with Gasteiger partial charge < -0.3 is 14.4 Å². The van der Waals surface area contributed by atoms with Crippen LogP contribution in [0.3, 0.4) is 0 Å². The predicted molar refractivity (Wildman–Crippen MR) is 145 cm³/mol. The van der Waals surface area contributed by atoms with Crippen molar-refractivity contribution >= 4 is 46.8 Å². The summed E-state index contributed by atoms with van der Waals surface area (Å²) in [4.78, 5) is 26.3. The van der Waals surface area contributed by atoms with E-state index in [0.29, 0.717) is 27.9 Å². The zero-order chi connectivity index (χ0) is 26.4. The monoisotopic (exact) mass is 536 g/mol. The number of hydrogen-bond acceptors (Lipinski definition) is 6. The summed E-state index contributed by atoms with van der Waals surface area (Å²) < 4.78 is 11.0. The Balaban J connectivity index is 1.56. The van der Waals surface area contributed by atoms with E-state index in [9.17, 15) is 9.59 Å². The molecule has 0 saturated carbocycles. The molecular weight excluding hydrogens is 512 g/mol. The van der Waals surface area contributed by atoms with Gasteiger partial charge in [-0.15, -0.1) is 11.8 Å². The standard InChI is InChI=1S/C28H25ClN2O5S/c1-3-35-28(34)31(24-7-5-4-6-23(24)29)26-18(2)30-36-27(26)21-12-8-20(9-13-21)17-37-22-14-10-19(11-15-22)16-25(32)33/h4-15H,3,16-17H2,1-2H3,(H,32,33). The van der Waals surface area contributed by atoms with Crippen LogP contribution in [0.25, 0.3) is 11.3 Å². The molecule has 9 heteroatoms. The van der Waals surface area contributed by atoms with Crippen LogP contribution in [0.15, 0.2) is 82.2 Å². The van der Waals surface area contributed by atoms with Crippen molar-refractivity contribution in [2.45, 2.75) is 30.9 Å². The summed E-state index contributed by atoms with van der Waals surface area (Å²) in [7, 11) is 0. The second kappa shape index (κ2) is 12.0. The number of rotatable bonds is 9. The Morgan fingerprint density at radius 2 is 1.70 bits per heavy atom. The molecule has 0 unspecified atom stereocenters. The second-order valence-electron chi connectivity index (χ2n) is 8.13. The highest BCUT2D eigenvalue weighted by Crippen LogP contribution is 2.41. The molecule has 4 aromatic rings. The number of ether oxygens (including phenoxy) is 1. The van der Waals surface area contributed by atoms with Gasteiger partial charge in [0.15, 0.2) is 5.76 Å². The average molecular weight is 537 g/mol. The van der Waals surface area contributed by atoms with Gasteiger partial charge in [0.25, 0.3) is 0 Å². The van der Waals surface area contributed by atoms with Crippen LogP contribution < -0.4 is 4.90 Å². The molecule has 0 aliphatic carbocycles. The number of thioether (sulfide) groups is 1. The van der Waals surface area contributed by atoms with Crippen LogP contribution in [0.1, 0.15) is 23.7 Å². The Hall–Kier alpha value is -3.75. The zero-order valence-electron chi connectivity index (χ0n) is 20.3. The van der Waals surface area contributed by atoms with E-state index in [-0.39, 0.29) is 13.0 Å². The number of anilines is 2. The molecule has 1 N–H and O–H groups in total. The highest BCUT2D eigenvalue weighted by Gasteiger charge is 2.29. The van der Waals surface area contributed by atoms with Crippen LogP contribution in [0.4, 0.5) is 16.2 Å². The molecule has 0 atom stereocenters. The average Bonchev–Trinajstić information content (AvgIpc) is 3.26. The Morgan fingerprint density at radius 1 is 1.03 bits per heavy atom. The van der Waals surface area contributed by atoms with Gasteiger partial charge in [-0.3, -0.25) is 4.79 Å². The van der Waals surface area contributed by atoms with Crippen LogP contribution in [-0.4, -0.2) is 28.9 Å². The van der Waals surface area contributed by atoms with Crippen molar-refractivity contribution in [3.8, 4) is 11.3 Å². The van der Waals surface area contributed by atoms with Crippen molar-refractivity contribution < 1.29 is 24.0 Å². The van der Waals surface area contributed by atoms with Crippen LogP contribution in [0, 0.1) is 6.92 Å². The first-order valence-electron chi connectivity index (χ1n) is 11.6. The lowest BCUT2D eigenvalue weighted by molar-refractivity contribution is -0.136. The van der Waals surface area contributed by atoms with Crippen molar-refractivity contribution in [3.63, 3.8) is 0 Å². The maximum atomic E-state index is 13.0. The summed E-state index contributed by atoms with van der Waals surface area (Å²) >= 11 is 8.09. The van der Waals surface area contributed by atoms with E-state index in [1.54, 1.807) is 49.9 Å². The van der Waals surface area contributed by atoms with E-state index >= 15 is 0 Å². The number of aryl methyl sites for hydroxylation is 1. The molecule has 1 heterocycles. The highest BCUT2D eigenvalue weighted by molar-refractivity contribution is 7.98. The predicted octanol–water partition coefficient (Wildman–Crippen LogP) is 7.52. The molecule has 37 heavy (non-hydrogen) atoms. The molecule has 0 saturated heterocycles. The van der Waals surface area contributed by atoms with Gasteiger partial charge in [0, 0.05) is 16.2 Å². The van der Waals surface area contributed by atoms with E-state index in [1.165, 1.54) is 4.90 Å². The van der Waals surface area contributed by atoms with Gasteiger partial charge in [0.05, 0.1) is 23.7 Å². The molecule has 1 aromatic heterocycles. The Labute approximate surface area is 224 Å². The molecule has 190 valence electrons. The number of carboxylic acids is 1. The van der Waals surface area contributed by atoms with Crippen molar-refractivity contribution in [2.24, 2.45) is 0 Å². The van der Waals surface area contributed by atoms with E-state index in [4.69, 9.17) is 26.0 Å². The third kappa shape index (κ3) is 6.34. The van der Waals surface area contributed by atoms with E-state index in [2.05, 4.69) is 5.16 Å². The van der Waals surface area contributed by atoms with E-state index in [0.717, 1.165) is 27.3 Å². The van der Waals surface area contributed by atoms with Crippen molar-refractivity contribution in [3.05, 3.63) is 94.6 Å². The quantitative estimate of drug-likeness (QED) is 0.221. The zero-order valence-corrected chi connectivity index (χ0v) is 21.9. The number of nitrogens with zero attached hydrogens (tertiary/aromatic N) is 2. The third-order valence-corrected chi connectivity index (χ3v) is 6.90. The molecule has 4 rings (SSSR count). The fraction of sp³-hybridized carbons (Fsp3) is 0.179. The minimum atomic E-state index is -0.845. The first kappa shape index (κ1) is 26.3. The molecule has 0 bridgehead atoms. The summed E-state index contributed by atoms with van der Waals surface area (Å²) in [6.45, 7) is 3.71. The topological polar surface area (TPSA) is 92.9 Å². The molecule has 3 aromatic carbocycles. The summed E-state index contributed by atoms with van der Waals surface area (Å²) in [6.07, 6.45) is -0.565. The number of hydrogen-bond donors (Lipinski definition) is 1. The van der Waals surface area contributed by atoms with Crippen LogP contribution >= 0.6 is 23.4 Å². The number of aliphatic carboxylic acids is 1. The fourth-order valence-electron chi connectivity index (χ4n) is 3.75. The third-order valence-electron chi connectivity index (χ3n) is 5.50. The van der Waals surface area contributed by atoms with Gasteiger partial charge in [-0.2, -0.15) is 0 Å². The first-order chi connectivity index (χ1) is 17.9. The fourth-order valence-corrected chi connectivity index (χ4v) is 4.82. The first-order valence-corrected chi connectivity index (χ1v) is 12.9. The lowest BCUT2D eigenvalue weighted by Gasteiger charge is -2.23. The molecule has 0 radical (unpaired) electrons. The smallest absolute Gasteiger partial charge is 0.419 e. The number of halogens is 1. The van der Waals surface area contributed by atoms with Crippen molar-refractivity contribution in [2.75, 3.05) is 11.5 Å². The van der Waals surface area contributed by atoms with E-state index in [1.807, 2.05) is 48.5 Å².